The number of fused-ring (bicyclic) bond motifs is 1. The van der Waals surface area contributed by atoms with Crippen molar-refractivity contribution in [3.8, 4) is 0 Å². The molecule has 7 nitrogen and oxygen atoms in total. The first-order valence-corrected chi connectivity index (χ1v) is 10.5. The van der Waals surface area contributed by atoms with Crippen molar-refractivity contribution < 1.29 is 14.3 Å². The van der Waals surface area contributed by atoms with Gasteiger partial charge in [0.05, 0.1) is 30.6 Å². The van der Waals surface area contributed by atoms with Gasteiger partial charge in [-0.15, -0.1) is 0 Å². The number of nitrogens with one attached hydrogen (secondary N) is 1. The zero-order valence-electron chi connectivity index (χ0n) is 16.9. The molecule has 0 aliphatic heterocycles. The molecule has 3 rings (SSSR count). The quantitative estimate of drug-likeness (QED) is 0.508. The van der Waals surface area contributed by atoms with Crippen molar-refractivity contribution in [3.63, 3.8) is 0 Å². The molecular formula is C22H24BrN3O4. The van der Waals surface area contributed by atoms with E-state index >= 15 is 0 Å². The van der Waals surface area contributed by atoms with E-state index in [4.69, 9.17) is 4.74 Å². The molecular weight excluding hydrogens is 450 g/mol. The van der Waals surface area contributed by atoms with Crippen LogP contribution in [0.1, 0.15) is 31.4 Å². The second-order valence-electron chi connectivity index (χ2n) is 6.87. The number of rotatable bonds is 8. The predicted molar refractivity (Wildman–Crippen MR) is 118 cm³/mol. The number of halogens is 1. The van der Waals surface area contributed by atoms with Gasteiger partial charge in [0.25, 0.3) is 0 Å². The lowest BCUT2D eigenvalue weighted by molar-refractivity contribution is -0.141. The van der Waals surface area contributed by atoms with E-state index in [2.05, 4.69) is 21.2 Å². The highest BCUT2D eigenvalue weighted by Crippen LogP contribution is 2.22. The van der Waals surface area contributed by atoms with Crippen LogP contribution < -0.4 is 11.0 Å². The summed E-state index contributed by atoms with van der Waals surface area (Å²) in [5.74, 6) is -0.661. The minimum atomic E-state index is -0.517. The molecule has 1 unspecified atom stereocenters. The fraction of sp³-hybridized carbons (Fsp3) is 0.318. The topological polar surface area (TPSA) is 82.3 Å². The van der Waals surface area contributed by atoms with E-state index in [1.165, 1.54) is 7.11 Å². The van der Waals surface area contributed by atoms with Crippen LogP contribution >= 0.6 is 15.9 Å². The normalized spacial score (nSPS) is 12.0. The number of methoxy groups -OCH3 is 1. The molecule has 3 aromatic rings. The van der Waals surface area contributed by atoms with Gasteiger partial charge >= 0.3 is 11.7 Å². The SMILES string of the molecule is CCn1c(=O)n(CCC(=O)NC(CC(=O)OC)c2cccc(Br)c2)c2ccccc21. The van der Waals surface area contributed by atoms with Gasteiger partial charge in [-0.1, -0.05) is 40.2 Å². The third kappa shape index (κ3) is 4.81. The van der Waals surface area contributed by atoms with Crippen LogP contribution in [0.25, 0.3) is 11.0 Å². The number of carbonyl (C=O) groups excluding carboxylic acids is 2. The van der Waals surface area contributed by atoms with Gasteiger partial charge in [-0.25, -0.2) is 4.79 Å². The number of ether oxygens (including phenoxy) is 1. The van der Waals surface area contributed by atoms with E-state index in [0.717, 1.165) is 21.1 Å². The molecule has 30 heavy (non-hydrogen) atoms. The average molecular weight is 474 g/mol. The number of aromatic nitrogens is 2. The third-order valence-electron chi connectivity index (χ3n) is 4.99. The van der Waals surface area contributed by atoms with E-state index in [-0.39, 0.29) is 31.0 Å². The van der Waals surface area contributed by atoms with E-state index in [0.29, 0.717) is 6.54 Å². The maximum atomic E-state index is 12.7. The summed E-state index contributed by atoms with van der Waals surface area (Å²) in [5.41, 5.74) is 2.31. The van der Waals surface area contributed by atoms with E-state index in [1.54, 1.807) is 9.13 Å². The lowest BCUT2D eigenvalue weighted by Gasteiger charge is -2.18. The number of hydrogen-bond donors (Lipinski definition) is 1. The number of imidazole rings is 1. The first-order chi connectivity index (χ1) is 14.4. The summed E-state index contributed by atoms with van der Waals surface area (Å²) >= 11 is 3.41. The summed E-state index contributed by atoms with van der Waals surface area (Å²) in [4.78, 5) is 37.2. The zero-order chi connectivity index (χ0) is 21.7. The molecule has 0 aliphatic rings. The summed E-state index contributed by atoms with van der Waals surface area (Å²) in [5, 5.41) is 2.90. The molecule has 0 spiro atoms. The van der Waals surface area contributed by atoms with Crippen molar-refractivity contribution in [1.82, 2.24) is 14.5 Å². The largest absolute Gasteiger partial charge is 0.469 e. The Morgan fingerprint density at radius 3 is 2.43 bits per heavy atom. The van der Waals surface area contributed by atoms with Crippen LogP contribution in [0.3, 0.4) is 0 Å². The molecule has 1 aromatic heterocycles. The van der Waals surface area contributed by atoms with Crippen molar-refractivity contribution in [2.75, 3.05) is 7.11 Å². The van der Waals surface area contributed by atoms with E-state index < -0.39 is 12.0 Å². The Bertz CT molecular complexity index is 1120. The van der Waals surface area contributed by atoms with Gasteiger partial charge in [0, 0.05) is 24.0 Å². The van der Waals surface area contributed by atoms with Crippen LogP contribution in [0.15, 0.2) is 57.8 Å². The summed E-state index contributed by atoms with van der Waals surface area (Å²) in [6.45, 7) is 2.73. The van der Waals surface area contributed by atoms with Crippen LogP contribution in [0.4, 0.5) is 0 Å². The summed E-state index contributed by atoms with van der Waals surface area (Å²) < 4.78 is 8.93. The molecule has 0 bridgehead atoms. The molecule has 158 valence electrons. The summed E-state index contributed by atoms with van der Waals surface area (Å²) in [6.07, 6.45) is 0.136. The van der Waals surface area contributed by atoms with Crippen LogP contribution in [-0.2, 0) is 27.4 Å². The highest BCUT2D eigenvalue weighted by atomic mass is 79.9. The number of esters is 1. The highest BCUT2D eigenvalue weighted by molar-refractivity contribution is 9.10. The van der Waals surface area contributed by atoms with Gasteiger partial charge in [-0.2, -0.15) is 0 Å². The first kappa shape index (κ1) is 21.8. The van der Waals surface area contributed by atoms with Crippen LogP contribution in [0.5, 0.6) is 0 Å². The molecule has 1 N–H and O–H groups in total. The van der Waals surface area contributed by atoms with Gasteiger partial charge in [0.1, 0.15) is 0 Å². The fourth-order valence-corrected chi connectivity index (χ4v) is 3.92. The van der Waals surface area contributed by atoms with Gasteiger partial charge in [-0.05, 0) is 36.8 Å². The van der Waals surface area contributed by atoms with Crippen molar-refractivity contribution in [3.05, 3.63) is 69.1 Å². The Kier molecular flexibility index (Phi) is 7.10. The molecule has 0 aliphatic carbocycles. The number of carbonyl (C=O) groups is 2. The number of nitrogens with zero attached hydrogens (tertiary/aromatic N) is 2. The van der Waals surface area contributed by atoms with Gasteiger partial charge in [0.15, 0.2) is 0 Å². The van der Waals surface area contributed by atoms with E-state index in [9.17, 15) is 14.4 Å². The Morgan fingerprint density at radius 2 is 1.80 bits per heavy atom. The van der Waals surface area contributed by atoms with E-state index in [1.807, 2.05) is 55.5 Å². The van der Waals surface area contributed by atoms with Crippen molar-refractivity contribution in [1.29, 1.82) is 0 Å². The Labute approximate surface area is 182 Å². The van der Waals surface area contributed by atoms with Gasteiger partial charge < -0.3 is 10.1 Å². The highest BCUT2D eigenvalue weighted by Gasteiger charge is 2.20. The van der Waals surface area contributed by atoms with Crippen LogP contribution in [0, 0.1) is 0 Å². The number of aryl methyl sites for hydroxylation is 2. The lowest BCUT2D eigenvalue weighted by Crippen LogP contribution is -2.32. The second kappa shape index (κ2) is 9.75. The van der Waals surface area contributed by atoms with Crippen LogP contribution in [-0.4, -0.2) is 28.1 Å². The monoisotopic (exact) mass is 473 g/mol. The van der Waals surface area contributed by atoms with Crippen molar-refractivity contribution in [2.24, 2.45) is 0 Å². The summed E-state index contributed by atoms with van der Waals surface area (Å²) in [7, 11) is 1.32. The molecule has 0 fully saturated rings. The molecule has 1 atom stereocenters. The number of amides is 1. The summed E-state index contributed by atoms with van der Waals surface area (Å²) in [6, 6.07) is 14.4. The standard InChI is InChI=1S/C22H24BrN3O4/c1-3-25-18-9-4-5-10-19(18)26(22(25)29)12-11-20(27)24-17(14-21(28)30-2)15-7-6-8-16(23)13-15/h4-10,13,17H,3,11-12,14H2,1-2H3,(H,24,27). The molecule has 8 heteroatoms. The van der Waals surface area contributed by atoms with Gasteiger partial charge in [-0.3, -0.25) is 18.7 Å². The molecule has 1 heterocycles. The maximum absolute atomic E-state index is 12.7. The molecule has 2 aromatic carbocycles. The van der Waals surface area contributed by atoms with Crippen molar-refractivity contribution in [2.45, 2.75) is 38.9 Å². The molecule has 0 saturated carbocycles. The zero-order valence-corrected chi connectivity index (χ0v) is 18.5. The second-order valence-corrected chi connectivity index (χ2v) is 7.79. The molecule has 0 radical (unpaired) electrons. The average Bonchev–Trinajstić information content (AvgIpc) is 3.02. The van der Waals surface area contributed by atoms with Crippen molar-refractivity contribution >= 4 is 38.8 Å². The fourth-order valence-electron chi connectivity index (χ4n) is 3.50. The maximum Gasteiger partial charge on any atom is 0.329 e. The molecule has 0 saturated heterocycles. The number of para-hydroxylation sites is 2. The lowest BCUT2D eigenvalue weighted by atomic mass is 10.0. The third-order valence-corrected chi connectivity index (χ3v) is 5.48. The first-order valence-electron chi connectivity index (χ1n) is 9.74. The number of hydrogen-bond acceptors (Lipinski definition) is 4. The Morgan fingerprint density at radius 1 is 1.10 bits per heavy atom. The number of benzene rings is 2. The van der Waals surface area contributed by atoms with Crippen LogP contribution in [0.2, 0.25) is 0 Å². The smallest absolute Gasteiger partial charge is 0.329 e. The minimum Gasteiger partial charge on any atom is -0.469 e. The minimum absolute atomic E-state index is 0.0216. The Hall–Kier alpha value is -2.87. The Balaban J connectivity index is 1.76. The predicted octanol–water partition coefficient (Wildman–Crippen LogP) is 3.40. The van der Waals surface area contributed by atoms with Gasteiger partial charge in [0.2, 0.25) is 5.91 Å². The molecule has 1 amide bonds.